The van der Waals surface area contributed by atoms with Gasteiger partial charge < -0.3 is 0 Å². The Morgan fingerprint density at radius 2 is 1.12 bits per heavy atom. The monoisotopic (exact) mass is 226 g/mol. The van der Waals surface area contributed by atoms with Gasteiger partial charge in [-0.1, -0.05) is 90.6 Å². The van der Waals surface area contributed by atoms with Crippen LogP contribution in [-0.2, 0) is 0 Å². The molecule has 0 unspecified atom stereocenters. The van der Waals surface area contributed by atoms with Crippen LogP contribution in [0.3, 0.4) is 0 Å². The molecule has 0 aliphatic rings. The SMILES string of the molecule is CC[Si](C)(c1ccccc1)c1ccccc1. The summed E-state index contributed by atoms with van der Waals surface area (Å²) in [7, 11) is -1.48. The summed E-state index contributed by atoms with van der Waals surface area (Å²) in [6.07, 6.45) is 0. The third kappa shape index (κ3) is 1.96. The maximum atomic E-state index is 2.46. The molecule has 16 heavy (non-hydrogen) atoms. The summed E-state index contributed by atoms with van der Waals surface area (Å²) < 4.78 is 0. The molecule has 0 amide bonds. The van der Waals surface area contributed by atoms with Crippen molar-refractivity contribution in [1.82, 2.24) is 0 Å². The summed E-state index contributed by atoms with van der Waals surface area (Å²) in [6.45, 7) is 4.77. The molecule has 1 heteroatoms. The second-order valence-corrected chi connectivity index (χ2v) is 8.94. The summed E-state index contributed by atoms with van der Waals surface area (Å²) in [5.41, 5.74) is 0. The van der Waals surface area contributed by atoms with Gasteiger partial charge in [0.05, 0.1) is 0 Å². The van der Waals surface area contributed by atoms with E-state index in [1.807, 2.05) is 0 Å². The zero-order valence-electron chi connectivity index (χ0n) is 9.98. The van der Waals surface area contributed by atoms with E-state index in [0.29, 0.717) is 0 Å². The number of hydrogen-bond acceptors (Lipinski definition) is 0. The van der Waals surface area contributed by atoms with E-state index >= 15 is 0 Å². The Labute approximate surface area is 99.0 Å². The highest BCUT2D eigenvalue weighted by molar-refractivity contribution is 7.01. The van der Waals surface area contributed by atoms with Gasteiger partial charge in [0.25, 0.3) is 0 Å². The van der Waals surface area contributed by atoms with Crippen molar-refractivity contribution < 1.29 is 0 Å². The van der Waals surface area contributed by atoms with Gasteiger partial charge in [-0.05, 0) is 0 Å². The Balaban J connectivity index is 2.49. The molecular formula is C15H18Si. The summed E-state index contributed by atoms with van der Waals surface area (Å²) in [4.78, 5) is 0. The van der Waals surface area contributed by atoms with Gasteiger partial charge in [-0.25, -0.2) is 0 Å². The van der Waals surface area contributed by atoms with Gasteiger partial charge >= 0.3 is 0 Å². The van der Waals surface area contributed by atoms with Crippen LogP contribution in [-0.4, -0.2) is 8.07 Å². The lowest BCUT2D eigenvalue weighted by Crippen LogP contribution is -2.54. The summed E-state index contributed by atoms with van der Waals surface area (Å²) in [6, 6.07) is 23.2. The van der Waals surface area contributed by atoms with Crippen LogP contribution < -0.4 is 10.4 Å². The summed E-state index contributed by atoms with van der Waals surface area (Å²) in [5, 5.41) is 3.06. The van der Waals surface area contributed by atoms with Gasteiger partial charge in [0.1, 0.15) is 8.07 Å². The van der Waals surface area contributed by atoms with E-state index in [1.54, 1.807) is 0 Å². The third-order valence-electron chi connectivity index (χ3n) is 3.53. The van der Waals surface area contributed by atoms with Crippen molar-refractivity contribution in [2.24, 2.45) is 0 Å². The Morgan fingerprint density at radius 1 is 0.750 bits per heavy atom. The molecule has 2 rings (SSSR count). The minimum Gasteiger partial charge on any atom is -0.0672 e. The van der Waals surface area contributed by atoms with Gasteiger partial charge in [-0.3, -0.25) is 0 Å². The van der Waals surface area contributed by atoms with Gasteiger partial charge in [0.2, 0.25) is 0 Å². The summed E-state index contributed by atoms with van der Waals surface area (Å²) >= 11 is 0. The first kappa shape index (κ1) is 11.2. The van der Waals surface area contributed by atoms with E-state index < -0.39 is 8.07 Å². The van der Waals surface area contributed by atoms with Gasteiger partial charge in [-0.15, -0.1) is 0 Å². The second kappa shape index (κ2) is 4.66. The van der Waals surface area contributed by atoms with Gasteiger partial charge in [0.15, 0.2) is 0 Å². The maximum absolute atomic E-state index is 2.46. The first-order valence-corrected chi connectivity index (χ1v) is 8.59. The van der Waals surface area contributed by atoms with E-state index in [1.165, 1.54) is 16.4 Å². The van der Waals surface area contributed by atoms with E-state index in [2.05, 4.69) is 74.1 Å². The molecule has 0 fully saturated rings. The first-order chi connectivity index (χ1) is 7.77. The van der Waals surface area contributed by atoms with Gasteiger partial charge in [0, 0.05) is 0 Å². The van der Waals surface area contributed by atoms with E-state index in [4.69, 9.17) is 0 Å². The standard InChI is InChI=1S/C15H18Si/c1-3-16(2,14-10-6-4-7-11-14)15-12-8-5-9-13-15/h4-13H,3H2,1-2H3. The Morgan fingerprint density at radius 3 is 1.44 bits per heavy atom. The fraction of sp³-hybridized carbons (Fsp3) is 0.200. The molecule has 0 heterocycles. The number of benzene rings is 2. The molecule has 0 nitrogen and oxygen atoms in total. The highest BCUT2D eigenvalue weighted by atomic mass is 28.3. The highest BCUT2D eigenvalue weighted by Crippen LogP contribution is 2.10. The van der Waals surface area contributed by atoms with Crippen LogP contribution in [0.25, 0.3) is 0 Å². The Bertz CT molecular complexity index is 394. The predicted octanol–water partition coefficient (Wildman–Crippen LogP) is 2.90. The molecule has 0 aliphatic carbocycles. The smallest absolute Gasteiger partial charge is 0.0672 e. The summed E-state index contributed by atoms with van der Waals surface area (Å²) in [5.74, 6) is 0. The van der Waals surface area contributed by atoms with Crippen LogP contribution in [0, 0.1) is 0 Å². The predicted molar refractivity (Wildman–Crippen MR) is 74.3 cm³/mol. The van der Waals surface area contributed by atoms with Crippen molar-refractivity contribution in [2.75, 3.05) is 0 Å². The molecule has 0 saturated carbocycles. The lowest BCUT2D eigenvalue weighted by Gasteiger charge is -2.27. The molecule has 2 aromatic rings. The van der Waals surface area contributed by atoms with Crippen molar-refractivity contribution in [1.29, 1.82) is 0 Å². The average Bonchev–Trinajstić information content (AvgIpc) is 2.40. The van der Waals surface area contributed by atoms with Crippen LogP contribution in [0.1, 0.15) is 6.92 Å². The van der Waals surface area contributed by atoms with Crippen LogP contribution in [0.4, 0.5) is 0 Å². The molecule has 2 aromatic carbocycles. The van der Waals surface area contributed by atoms with Crippen molar-refractivity contribution in [3.05, 3.63) is 60.7 Å². The second-order valence-electron chi connectivity index (χ2n) is 4.42. The molecule has 0 atom stereocenters. The average molecular weight is 226 g/mol. The first-order valence-electron chi connectivity index (χ1n) is 5.88. The third-order valence-corrected chi connectivity index (χ3v) is 8.16. The van der Waals surface area contributed by atoms with E-state index in [-0.39, 0.29) is 0 Å². The van der Waals surface area contributed by atoms with Crippen LogP contribution in [0.15, 0.2) is 60.7 Å². The minimum absolute atomic E-state index is 1.25. The molecule has 0 saturated heterocycles. The lowest BCUT2D eigenvalue weighted by molar-refractivity contribution is 1.39. The molecule has 0 spiro atoms. The fourth-order valence-electron chi connectivity index (χ4n) is 2.19. The molecular weight excluding hydrogens is 208 g/mol. The Kier molecular flexibility index (Phi) is 3.25. The molecule has 0 N–H and O–H groups in total. The fourth-order valence-corrected chi connectivity index (χ4v) is 5.19. The zero-order valence-corrected chi connectivity index (χ0v) is 11.0. The van der Waals surface area contributed by atoms with Crippen molar-refractivity contribution in [3.63, 3.8) is 0 Å². The van der Waals surface area contributed by atoms with Crippen molar-refractivity contribution >= 4 is 18.4 Å². The van der Waals surface area contributed by atoms with E-state index in [0.717, 1.165) is 0 Å². The number of hydrogen-bond donors (Lipinski definition) is 0. The minimum atomic E-state index is -1.48. The van der Waals surface area contributed by atoms with Crippen molar-refractivity contribution in [2.45, 2.75) is 19.5 Å². The molecule has 82 valence electrons. The largest absolute Gasteiger partial charge is 0.114 e. The maximum Gasteiger partial charge on any atom is 0.114 e. The number of rotatable bonds is 3. The normalized spacial score (nSPS) is 11.4. The molecule has 0 aliphatic heterocycles. The quantitative estimate of drug-likeness (QED) is 0.706. The Hall–Kier alpha value is -1.34. The van der Waals surface area contributed by atoms with Crippen LogP contribution in [0.5, 0.6) is 0 Å². The molecule has 0 bridgehead atoms. The zero-order chi connectivity index (χ0) is 11.4. The highest BCUT2D eigenvalue weighted by Gasteiger charge is 2.28. The van der Waals surface area contributed by atoms with Crippen LogP contribution in [0.2, 0.25) is 12.6 Å². The van der Waals surface area contributed by atoms with Gasteiger partial charge in [-0.2, -0.15) is 0 Å². The van der Waals surface area contributed by atoms with E-state index in [9.17, 15) is 0 Å². The van der Waals surface area contributed by atoms with Crippen LogP contribution >= 0.6 is 0 Å². The molecule has 0 aromatic heterocycles. The lowest BCUT2D eigenvalue weighted by atomic mass is 10.4. The topological polar surface area (TPSA) is 0 Å². The van der Waals surface area contributed by atoms with Crippen molar-refractivity contribution in [3.8, 4) is 0 Å². The molecule has 0 radical (unpaired) electrons.